The summed E-state index contributed by atoms with van der Waals surface area (Å²) in [6.07, 6.45) is 3.68. The van der Waals surface area contributed by atoms with Gasteiger partial charge in [0.2, 0.25) is 0 Å². The second-order valence-corrected chi connectivity index (χ2v) is 5.38. The number of carbonyl (C=O) groups is 1. The van der Waals surface area contributed by atoms with E-state index in [1.54, 1.807) is 0 Å². The van der Waals surface area contributed by atoms with Crippen LogP contribution in [-0.2, 0) is 0 Å². The van der Waals surface area contributed by atoms with E-state index in [-0.39, 0.29) is 23.0 Å². The predicted molar refractivity (Wildman–Crippen MR) is 71.7 cm³/mol. The number of hydrogen-bond donors (Lipinski definition) is 2. The van der Waals surface area contributed by atoms with Gasteiger partial charge in [0, 0.05) is 11.6 Å². The van der Waals surface area contributed by atoms with Crippen LogP contribution in [0.5, 0.6) is 0 Å². The van der Waals surface area contributed by atoms with Crippen LogP contribution in [0.1, 0.15) is 36.0 Å². The summed E-state index contributed by atoms with van der Waals surface area (Å²) in [6, 6.07) is 3.91. The van der Waals surface area contributed by atoms with Gasteiger partial charge in [-0.3, -0.25) is 4.79 Å². The Morgan fingerprint density at radius 2 is 2.16 bits per heavy atom. The number of amides is 1. The number of aliphatic hydroxyl groups is 1. The zero-order valence-corrected chi connectivity index (χ0v) is 11.3. The van der Waals surface area contributed by atoms with Gasteiger partial charge in [-0.25, -0.2) is 4.39 Å². The molecule has 3 nitrogen and oxygen atoms in total. The van der Waals surface area contributed by atoms with Crippen molar-refractivity contribution < 1.29 is 14.3 Å². The fourth-order valence-electron chi connectivity index (χ4n) is 2.47. The smallest absolute Gasteiger partial charge is 0.254 e. The minimum Gasteiger partial charge on any atom is -0.391 e. The van der Waals surface area contributed by atoms with E-state index in [1.165, 1.54) is 12.1 Å². The van der Waals surface area contributed by atoms with E-state index in [0.717, 1.165) is 31.7 Å². The number of rotatable bonds is 4. The van der Waals surface area contributed by atoms with Crippen LogP contribution in [0.25, 0.3) is 0 Å². The lowest BCUT2D eigenvalue weighted by atomic mass is 10.0. The van der Waals surface area contributed by atoms with E-state index >= 15 is 0 Å². The molecular weight excluding hydrogens is 269 g/mol. The van der Waals surface area contributed by atoms with Crippen LogP contribution >= 0.6 is 11.6 Å². The molecule has 2 rings (SSSR count). The topological polar surface area (TPSA) is 49.3 Å². The average molecular weight is 286 g/mol. The summed E-state index contributed by atoms with van der Waals surface area (Å²) < 4.78 is 13.5. The van der Waals surface area contributed by atoms with Crippen LogP contribution in [0, 0.1) is 11.7 Å². The van der Waals surface area contributed by atoms with E-state index in [0.29, 0.717) is 0 Å². The van der Waals surface area contributed by atoms with Crippen molar-refractivity contribution in [2.75, 3.05) is 6.54 Å². The van der Waals surface area contributed by atoms with Crippen molar-refractivity contribution >= 4 is 17.5 Å². The summed E-state index contributed by atoms with van der Waals surface area (Å²) in [5.74, 6) is -0.929. The standard InChI is InChI=1S/C14H17ClFNO2/c15-10-5-6-11(12(16)7-10)14(19)17-8-13(18)9-3-1-2-4-9/h5-7,9,13,18H,1-4,8H2,(H,17,19). The molecule has 19 heavy (non-hydrogen) atoms. The molecule has 104 valence electrons. The fourth-order valence-corrected chi connectivity index (χ4v) is 2.63. The second kappa shape index (κ2) is 6.35. The molecule has 0 aliphatic heterocycles. The Morgan fingerprint density at radius 1 is 1.47 bits per heavy atom. The second-order valence-electron chi connectivity index (χ2n) is 4.95. The third-order valence-corrected chi connectivity index (χ3v) is 3.83. The molecule has 0 spiro atoms. The minimum absolute atomic E-state index is 0.0528. The largest absolute Gasteiger partial charge is 0.391 e. The number of nitrogens with one attached hydrogen (secondary N) is 1. The molecule has 0 radical (unpaired) electrons. The van der Waals surface area contributed by atoms with Gasteiger partial charge in [-0.2, -0.15) is 0 Å². The van der Waals surface area contributed by atoms with Crippen LogP contribution in [0.15, 0.2) is 18.2 Å². The molecule has 1 amide bonds. The summed E-state index contributed by atoms with van der Waals surface area (Å²) >= 11 is 5.62. The molecule has 1 aromatic carbocycles. The monoisotopic (exact) mass is 285 g/mol. The highest BCUT2D eigenvalue weighted by atomic mass is 35.5. The lowest BCUT2D eigenvalue weighted by molar-refractivity contribution is 0.0837. The maximum atomic E-state index is 13.5. The first kappa shape index (κ1) is 14.3. The van der Waals surface area contributed by atoms with Crippen LogP contribution in [0.4, 0.5) is 4.39 Å². The number of aliphatic hydroxyl groups excluding tert-OH is 1. The van der Waals surface area contributed by atoms with Gasteiger partial charge in [0.25, 0.3) is 5.91 Å². The molecule has 2 N–H and O–H groups in total. The van der Waals surface area contributed by atoms with E-state index in [9.17, 15) is 14.3 Å². The molecule has 5 heteroatoms. The SMILES string of the molecule is O=C(NCC(O)C1CCCC1)c1ccc(Cl)cc1F. The van der Waals surface area contributed by atoms with Crippen LogP contribution in [-0.4, -0.2) is 23.7 Å². The first-order valence-corrected chi connectivity index (χ1v) is 6.87. The lowest BCUT2D eigenvalue weighted by Crippen LogP contribution is -2.35. The van der Waals surface area contributed by atoms with Crippen molar-refractivity contribution in [1.82, 2.24) is 5.32 Å². The highest BCUT2D eigenvalue weighted by Crippen LogP contribution is 2.27. The van der Waals surface area contributed by atoms with Gasteiger partial charge in [-0.05, 0) is 37.0 Å². The summed E-state index contributed by atoms with van der Waals surface area (Å²) in [4.78, 5) is 11.8. The van der Waals surface area contributed by atoms with Crippen molar-refractivity contribution in [3.8, 4) is 0 Å². The van der Waals surface area contributed by atoms with Crippen LogP contribution in [0.3, 0.4) is 0 Å². The minimum atomic E-state index is -0.652. The Hall–Kier alpha value is -1.13. The zero-order valence-electron chi connectivity index (χ0n) is 10.5. The Labute approximate surface area is 116 Å². The van der Waals surface area contributed by atoms with E-state index in [1.807, 2.05) is 0 Å². The first-order valence-electron chi connectivity index (χ1n) is 6.49. The lowest BCUT2D eigenvalue weighted by Gasteiger charge is -2.18. The maximum absolute atomic E-state index is 13.5. The summed E-state index contributed by atoms with van der Waals surface area (Å²) in [5, 5.41) is 12.7. The Kier molecular flexibility index (Phi) is 4.77. The van der Waals surface area contributed by atoms with Gasteiger partial charge >= 0.3 is 0 Å². The molecule has 1 unspecified atom stereocenters. The normalized spacial score (nSPS) is 17.4. The number of hydrogen-bond acceptors (Lipinski definition) is 2. The highest BCUT2D eigenvalue weighted by molar-refractivity contribution is 6.30. The molecule has 1 fully saturated rings. The van der Waals surface area contributed by atoms with Gasteiger partial charge in [0.05, 0.1) is 11.7 Å². The van der Waals surface area contributed by atoms with Crippen molar-refractivity contribution in [2.45, 2.75) is 31.8 Å². The van der Waals surface area contributed by atoms with E-state index in [2.05, 4.69) is 5.32 Å². The maximum Gasteiger partial charge on any atom is 0.254 e. The molecule has 1 aliphatic rings. The molecule has 1 atom stereocenters. The van der Waals surface area contributed by atoms with Crippen LogP contribution in [0.2, 0.25) is 5.02 Å². The molecule has 0 aromatic heterocycles. The fraction of sp³-hybridized carbons (Fsp3) is 0.500. The summed E-state index contributed by atoms with van der Waals surface area (Å²) in [5.41, 5.74) is -0.0528. The Balaban J connectivity index is 1.90. The number of benzene rings is 1. The zero-order chi connectivity index (χ0) is 13.8. The number of carbonyl (C=O) groups excluding carboxylic acids is 1. The predicted octanol–water partition coefficient (Wildman–Crippen LogP) is 2.76. The number of halogens is 2. The van der Waals surface area contributed by atoms with Gasteiger partial charge in [-0.1, -0.05) is 24.4 Å². The van der Waals surface area contributed by atoms with Crippen LogP contribution < -0.4 is 5.32 Å². The molecule has 0 heterocycles. The van der Waals surface area contributed by atoms with E-state index < -0.39 is 17.8 Å². The first-order chi connectivity index (χ1) is 9.08. The molecular formula is C14H17ClFNO2. The Bertz CT molecular complexity index is 461. The quantitative estimate of drug-likeness (QED) is 0.894. The molecule has 0 bridgehead atoms. The summed E-state index contributed by atoms with van der Waals surface area (Å²) in [6.45, 7) is 0.158. The van der Waals surface area contributed by atoms with Gasteiger partial charge in [0.1, 0.15) is 5.82 Å². The summed E-state index contributed by atoms with van der Waals surface area (Å²) in [7, 11) is 0. The Morgan fingerprint density at radius 3 is 2.79 bits per heavy atom. The molecule has 1 saturated carbocycles. The highest BCUT2D eigenvalue weighted by Gasteiger charge is 2.23. The van der Waals surface area contributed by atoms with Crippen molar-refractivity contribution in [3.05, 3.63) is 34.6 Å². The van der Waals surface area contributed by atoms with Crippen molar-refractivity contribution in [1.29, 1.82) is 0 Å². The van der Waals surface area contributed by atoms with Gasteiger partial charge < -0.3 is 10.4 Å². The third kappa shape index (κ3) is 3.67. The van der Waals surface area contributed by atoms with Gasteiger partial charge in [0.15, 0.2) is 0 Å². The van der Waals surface area contributed by atoms with Crippen molar-refractivity contribution in [3.63, 3.8) is 0 Å². The van der Waals surface area contributed by atoms with E-state index in [4.69, 9.17) is 11.6 Å². The van der Waals surface area contributed by atoms with Crippen molar-refractivity contribution in [2.24, 2.45) is 5.92 Å². The third-order valence-electron chi connectivity index (χ3n) is 3.59. The molecule has 0 saturated heterocycles. The molecule has 1 aliphatic carbocycles. The molecule has 1 aromatic rings. The van der Waals surface area contributed by atoms with Gasteiger partial charge in [-0.15, -0.1) is 0 Å². The average Bonchev–Trinajstić information content (AvgIpc) is 2.89.